The van der Waals surface area contributed by atoms with Crippen molar-refractivity contribution in [1.29, 1.82) is 0 Å². The average molecular weight is 741 g/mol. The highest BCUT2D eigenvalue weighted by Gasteiger charge is 2.51. The molecule has 5 N–H and O–H groups in total. The number of ether oxygens (including phenoxy) is 2. The molecule has 18 heteroatoms. The molecule has 0 saturated carbocycles. The smallest absolute Gasteiger partial charge is 0.407 e. The van der Waals surface area contributed by atoms with Gasteiger partial charge in [-0.15, -0.1) is 0 Å². The number of alkyl halides is 4. The largest absolute Gasteiger partial charge is 0.453 e. The monoisotopic (exact) mass is 740 g/mol. The van der Waals surface area contributed by atoms with Crippen molar-refractivity contribution in [1.82, 2.24) is 35.1 Å². The molecule has 4 amide bonds. The molecule has 2 aromatic heterocycles. The van der Waals surface area contributed by atoms with Gasteiger partial charge >= 0.3 is 12.2 Å². The van der Waals surface area contributed by atoms with Crippen LogP contribution in [0.1, 0.15) is 50.4 Å². The van der Waals surface area contributed by atoms with E-state index in [1.165, 1.54) is 26.2 Å². The van der Waals surface area contributed by atoms with Gasteiger partial charge in [-0.25, -0.2) is 37.1 Å². The van der Waals surface area contributed by atoms with Gasteiger partial charge in [0.05, 0.1) is 56.1 Å². The number of hydrogen-bond acceptors (Lipinski definition) is 8. The topological polar surface area (TPSA) is 189 Å². The fourth-order valence-corrected chi connectivity index (χ4v) is 6.58. The number of nitrogens with one attached hydrogen (secondary N) is 3. The van der Waals surface area contributed by atoms with E-state index in [0.717, 1.165) is 33.6 Å². The Bertz CT molecular complexity index is 2000. The van der Waals surface area contributed by atoms with Crippen molar-refractivity contribution in [2.75, 3.05) is 20.2 Å². The van der Waals surface area contributed by atoms with E-state index in [0.29, 0.717) is 17.0 Å². The normalized spacial score (nSPS) is 20.1. The minimum atomic E-state index is -3.17. The van der Waals surface area contributed by atoms with Crippen LogP contribution in [-0.4, -0.2) is 97.9 Å². The minimum Gasteiger partial charge on any atom is -0.453 e. The van der Waals surface area contributed by atoms with Gasteiger partial charge in [-0.3, -0.25) is 9.59 Å². The van der Waals surface area contributed by atoms with Gasteiger partial charge in [0.15, 0.2) is 6.10 Å². The summed E-state index contributed by atoms with van der Waals surface area (Å²) < 4.78 is 67.1. The second kappa shape index (κ2) is 14.2. The zero-order chi connectivity index (χ0) is 38.2. The quantitative estimate of drug-likeness (QED) is 0.169. The number of alkyl carbamates (subject to hydrolysis) is 1. The Hall–Kier alpha value is -5.94. The highest BCUT2D eigenvalue weighted by Crippen LogP contribution is 2.42. The Kier molecular flexibility index (Phi) is 9.89. The summed E-state index contributed by atoms with van der Waals surface area (Å²) in [5.41, 5.74) is 9.23. The first-order valence-electron chi connectivity index (χ1n) is 16.5. The summed E-state index contributed by atoms with van der Waals surface area (Å²) in [7, 11) is 1.13. The lowest BCUT2D eigenvalue weighted by Gasteiger charge is -2.25. The van der Waals surface area contributed by atoms with Gasteiger partial charge in [-0.1, -0.05) is 48.5 Å². The zero-order valence-electron chi connectivity index (χ0n) is 28.7. The van der Waals surface area contributed by atoms with Crippen molar-refractivity contribution in [2.45, 2.75) is 62.8 Å². The number of carbonyl (C=O) groups excluding carboxylic acids is 4. The highest BCUT2D eigenvalue weighted by molar-refractivity contribution is 5.86. The molecule has 4 aromatic rings. The Labute approximate surface area is 300 Å². The third-order valence-electron chi connectivity index (χ3n) is 9.18. The molecule has 0 spiro atoms. The number of methoxy groups -OCH3 is 1. The molecular formula is C35H36F4N8O6. The summed E-state index contributed by atoms with van der Waals surface area (Å²) in [4.78, 5) is 65.2. The predicted octanol–water partition coefficient (Wildman–Crippen LogP) is 5.18. The first kappa shape index (κ1) is 36.8. The molecule has 0 unspecified atom stereocenters. The Morgan fingerprint density at radius 1 is 0.774 bits per heavy atom. The molecule has 280 valence electrons. The fourth-order valence-electron chi connectivity index (χ4n) is 6.58. The van der Waals surface area contributed by atoms with Crippen molar-refractivity contribution in [3.63, 3.8) is 0 Å². The average Bonchev–Trinajstić information content (AvgIpc) is 3.92. The fraction of sp³-hybridized carbons (Fsp3) is 0.371. The summed E-state index contributed by atoms with van der Waals surface area (Å²) in [6.07, 6.45) is -1.69. The first-order valence-corrected chi connectivity index (χ1v) is 16.5. The van der Waals surface area contributed by atoms with Gasteiger partial charge in [-0.2, -0.15) is 0 Å². The van der Waals surface area contributed by atoms with E-state index in [4.69, 9.17) is 10.5 Å². The molecule has 0 aliphatic carbocycles. The number of H-pyrrole nitrogens is 2. The molecule has 0 radical (unpaired) electrons. The van der Waals surface area contributed by atoms with Gasteiger partial charge < -0.3 is 40.3 Å². The standard InChI is InChI=1S/C35H36F4N8O6/c1-18(43-33(51)52-3)30(48)46-16-34(36,37)12-26(46)28-41-14-24(44-28)22-8-4-20(5-9-22)21-6-10-23(11-7-21)25-15-42-29(45-25)27-13-35(38,39)17-47(27)31(49)19(2)53-32(40)50/h4-11,14-15,18-19,26-27H,12-13,16-17H2,1-3H3,(H2,40,50)(H,41,44)(H,42,45)(H,43,51)/t18-,19-,26-,27-/m0/s1. The summed E-state index contributed by atoms with van der Waals surface area (Å²) in [5, 5.41) is 2.31. The maximum Gasteiger partial charge on any atom is 0.407 e. The van der Waals surface area contributed by atoms with Gasteiger partial charge in [0.2, 0.25) is 5.91 Å². The summed E-state index contributed by atoms with van der Waals surface area (Å²) in [5.74, 6) is -7.48. The second-order valence-corrected chi connectivity index (χ2v) is 13.0. The number of amides is 4. The number of likely N-dealkylation sites (tertiary alicyclic amines) is 2. The van der Waals surface area contributed by atoms with Gasteiger partial charge in [-0.05, 0) is 36.1 Å². The maximum absolute atomic E-state index is 14.5. The molecule has 2 aromatic carbocycles. The first-order chi connectivity index (χ1) is 25.0. The third-order valence-corrected chi connectivity index (χ3v) is 9.18. The van der Waals surface area contributed by atoms with Crippen LogP contribution in [0.25, 0.3) is 33.6 Å². The molecular weight excluding hydrogens is 704 g/mol. The number of primary amides is 1. The number of imidazole rings is 2. The third kappa shape index (κ3) is 7.95. The van der Waals surface area contributed by atoms with Crippen LogP contribution >= 0.6 is 0 Å². The van der Waals surface area contributed by atoms with E-state index in [1.54, 1.807) is 0 Å². The number of benzene rings is 2. The number of nitrogens with zero attached hydrogens (tertiary/aromatic N) is 4. The van der Waals surface area contributed by atoms with Gasteiger partial charge in [0.1, 0.15) is 17.7 Å². The Morgan fingerprint density at radius 2 is 1.19 bits per heavy atom. The number of aromatic amines is 2. The summed E-state index contributed by atoms with van der Waals surface area (Å²) in [6, 6.07) is 11.6. The Balaban J connectivity index is 1.13. The number of aromatic nitrogens is 4. The van der Waals surface area contributed by atoms with Crippen molar-refractivity contribution in [2.24, 2.45) is 5.73 Å². The van der Waals surface area contributed by atoms with Crippen LogP contribution in [0.2, 0.25) is 0 Å². The van der Waals surface area contributed by atoms with E-state index in [9.17, 15) is 36.7 Å². The van der Waals surface area contributed by atoms with E-state index in [-0.39, 0.29) is 11.6 Å². The summed E-state index contributed by atoms with van der Waals surface area (Å²) in [6.45, 7) is 0.972. The lowest BCUT2D eigenvalue weighted by Crippen LogP contribution is -2.47. The molecule has 0 bridgehead atoms. The molecule has 6 rings (SSSR count). The molecule has 2 saturated heterocycles. The highest BCUT2D eigenvalue weighted by atomic mass is 19.3. The van der Waals surface area contributed by atoms with Crippen molar-refractivity contribution in [3.8, 4) is 33.6 Å². The van der Waals surface area contributed by atoms with E-state index in [2.05, 4.69) is 30.0 Å². The number of carbonyl (C=O) groups is 4. The van der Waals surface area contributed by atoms with E-state index in [1.807, 2.05) is 48.5 Å². The van der Waals surface area contributed by atoms with Crippen molar-refractivity contribution < 1.29 is 46.2 Å². The lowest BCUT2D eigenvalue weighted by molar-refractivity contribution is -0.141. The SMILES string of the molecule is COC(=O)N[C@@H](C)C(=O)N1CC(F)(F)C[C@H]1c1ncc(-c2ccc(-c3ccc(-c4cnc([C@@H]5CC(F)(F)CN5C(=O)[C@H](C)OC(N)=O)[nH]4)cc3)cc2)[nH]1. The number of hydrogen-bond donors (Lipinski definition) is 4. The number of halogens is 4. The zero-order valence-corrected chi connectivity index (χ0v) is 28.7. The Morgan fingerprint density at radius 3 is 1.60 bits per heavy atom. The number of rotatable bonds is 9. The molecule has 2 aliphatic heterocycles. The predicted molar refractivity (Wildman–Crippen MR) is 180 cm³/mol. The maximum atomic E-state index is 14.5. The van der Waals surface area contributed by atoms with Crippen LogP contribution in [0.3, 0.4) is 0 Å². The van der Waals surface area contributed by atoms with Crippen LogP contribution in [-0.2, 0) is 19.1 Å². The minimum absolute atomic E-state index is 0.157. The van der Waals surface area contributed by atoms with Crippen LogP contribution in [0.15, 0.2) is 60.9 Å². The second-order valence-electron chi connectivity index (χ2n) is 13.0. The van der Waals surface area contributed by atoms with Crippen LogP contribution in [0.4, 0.5) is 27.2 Å². The molecule has 53 heavy (non-hydrogen) atoms. The number of nitrogens with two attached hydrogens (primary N) is 1. The molecule has 14 nitrogen and oxygen atoms in total. The molecule has 2 aliphatic rings. The lowest BCUT2D eigenvalue weighted by atomic mass is 10.0. The van der Waals surface area contributed by atoms with Crippen LogP contribution in [0, 0.1) is 0 Å². The van der Waals surface area contributed by atoms with Crippen molar-refractivity contribution in [3.05, 3.63) is 72.6 Å². The molecule has 4 heterocycles. The van der Waals surface area contributed by atoms with E-state index >= 15 is 0 Å². The molecule has 2 fully saturated rings. The summed E-state index contributed by atoms with van der Waals surface area (Å²) >= 11 is 0. The van der Waals surface area contributed by atoms with Crippen LogP contribution in [0.5, 0.6) is 0 Å². The van der Waals surface area contributed by atoms with E-state index < -0.39 is 86.0 Å². The van der Waals surface area contributed by atoms with Gasteiger partial charge in [0, 0.05) is 12.8 Å². The van der Waals surface area contributed by atoms with Gasteiger partial charge in [0.25, 0.3) is 17.8 Å². The molecule has 4 atom stereocenters. The van der Waals surface area contributed by atoms with Crippen molar-refractivity contribution >= 4 is 24.0 Å². The van der Waals surface area contributed by atoms with Crippen LogP contribution < -0.4 is 11.1 Å².